The van der Waals surface area contributed by atoms with Crippen molar-refractivity contribution in [1.82, 2.24) is 9.38 Å². The number of hydrogen-bond acceptors (Lipinski definition) is 1. The van der Waals surface area contributed by atoms with Gasteiger partial charge in [0.1, 0.15) is 5.52 Å². The number of hydrogen-bond donors (Lipinski definition) is 0. The summed E-state index contributed by atoms with van der Waals surface area (Å²) in [7, 11) is 2.09. The molecule has 0 aliphatic rings. The number of para-hydroxylation sites is 1. The van der Waals surface area contributed by atoms with E-state index < -0.39 is 0 Å². The maximum absolute atomic E-state index is 4.66. The fourth-order valence-corrected chi connectivity index (χ4v) is 4.46. The Morgan fingerprint density at radius 1 is 0.840 bits per heavy atom. The summed E-state index contributed by atoms with van der Waals surface area (Å²) in [4.78, 5) is 4.66. The van der Waals surface area contributed by atoms with E-state index in [2.05, 4.69) is 82.5 Å². The van der Waals surface area contributed by atoms with Crippen molar-refractivity contribution in [3.05, 3.63) is 66.5 Å². The van der Waals surface area contributed by atoms with Crippen LogP contribution in [0.3, 0.4) is 0 Å². The van der Waals surface area contributed by atoms with Crippen LogP contribution < -0.4 is 4.57 Å². The summed E-state index contributed by atoms with van der Waals surface area (Å²) in [5, 5.41) is 5.18. The summed E-state index contributed by atoms with van der Waals surface area (Å²) in [5.41, 5.74) is 7.40. The summed E-state index contributed by atoms with van der Waals surface area (Å²) in [6.45, 7) is 2.21. The first-order valence-corrected chi connectivity index (χ1v) is 8.56. The minimum absolute atomic E-state index is 1.05. The lowest BCUT2D eigenvalue weighted by atomic mass is 10.0. The zero-order chi connectivity index (χ0) is 16.7. The SMILES string of the molecule is Cc1ccc2c3ccccc3n3c4cccc5nc[n+](C)c(c1c23)c54. The van der Waals surface area contributed by atoms with Gasteiger partial charge in [0.2, 0.25) is 0 Å². The average Bonchev–Trinajstić information content (AvgIpc) is 2.97. The lowest BCUT2D eigenvalue weighted by Gasteiger charge is -2.12. The highest BCUT2D eigenvalue weighted by atomic mass is 15.0. The van der Waals surface area contributed by atoms with E-state index in [9.17, 15) is 0 Å². The zero-order valence-corrected chi connectivity index (χ0v) is 14.1. The van der Waals surface area contributed by atoms with Crippen molar-refractivity contribution in [2.24, 2.45) is 7.05 Å². The molecule has 0 saturated carbocycles. The predicted octanol–water partition coefficient (Wildman–Crippen LogP) is 4.52. The third kappa shape index (κ3) is 1.43. The van der Waals surface area contributed by atoms with E-state index in [-0.39, 0.29) is 0 Å². The van der Waals surface area contributed by atoms with E-state index in [1.54, 1.807) is 0 Å². The molecule has 0 spiro atoms. The molecule has 6 aromatic rings. The van der Waals surface area contributed by atoms with Gasteiger partial charge in [-0.1, -0.05) is 36.4 Å². The normalized spacial score (nSPS) is 12.4. The van der Waals surface area contributed by atoms with Gasteiger partial charge in [-0.25, -0.2) is 4.57 Å². The molecule has 0 atom stereocenters. The second-order valence-corrected chi connectivity index (χ2v) is 6.88. The number of fused-ring (bicyclic) bond motifs is 5. The summed E-state index contributed by atoms with van der Waals surface area (Å²) in [6.07, 6.45) is 1.93. The molecule has 0 N–H and O–H groups in total. The minimum atomic E-state index is 1.05. The van der Waals surface area contributed by atoms with Crippen LogP contribution in [0.5, 0.6) is 0 Å². The van der Waals surface area contributed by atoms with E-state index in [1.165, 1.54) is 49.2 Å². The van der Waals surface area contributed by atoms with Gasteiger partial charge in [-0.05, 0) is 35.7 Å². The van der Waals surface area contributed by atoms with E-state index >= 15 is 0 Å². The third-order valence-electron chi connectivity index (χ3n) is 5.50. The molecule has 3 heteroatoms. The maximum Gasteiger partial charge on any atom is 0.287 e. The van der Waals surface area contributed by atoms with Crippen molar-refractivity contribution in [3.63, 3.8) is 0 Å². The van der Waals surface area contributed by atoms with E-state index in [0.717, 1.165) is 5.52 Å². The molecule has 6 rings (SSSR count). The molecule has 118 valence electrons. The Morgan fingerprint density at radius 3 is 2.60 bits per heavy atom. The van der Waals surface area contributed by atoms with Crippen molar-refractivity contribution < 1.29 is 4.57 Å². The number of rotatable bonds is 0. The molecule has 3 aromatic carbocycles. The Kier molecular flexibility index (Phi) is 2.23. The smallest absolute Gasteiger partial charge is 0.287 e. The highest BCUT2D eigenvalue weighted by Gasteiger charge is 2.22. The molecule has 0 amide bonds. The largest absolute Gasteiger partial charge is 0.308 e. The Labute approximate surface area is 144 Å². The second-order valence-electron chi connectivity index (χ2n) is 6.88. The molecule has 3 heterocycles. The van der Waals surface area contributed by atoms with Gasteiger partial charge < -0.3 is 4.40 Å². The Bertz CT molecular complexity index is 1460. The predicted molar refractivity (Wildman–Crippen MR) is 102 cm³/mol. The van der Waals surface area contributed by atoms with Gasteiger partial charge in [-0.15, -0.1) is 0 Å². The molecule has 0 aliphatic carbocycles. The van der Waals surface area contributed by atoms with Crippen LogP contribution >= 0.6 is 0 Å². The Morgan fingerprint density at radius 2 is 1.68 bits per heavy atom. The zero-order valence-electron chi connectivity index (χ0n) is 14.1. The van der Waals surface area contributed by atoms with Crippen LogP contribution in [-0.4, -0.2) is 9.38 Å². The molecule has 0 radical (unpaired) electrons. The van der Waals surface area contributed by atoms with Gasteiger partial charge in [-0.2, -0.15) is 0 Å². The average molecular weight is 322 g/mol. The van der Waals surface area contributed by atoms with Crippen LogP contribution in [0.25, 0.3) is 49.1 Å². The van der Waals surface area contributed by atoms with Crippen molar-refractivity contribution in [2.45, 2.75) is 6.92 Å². The molecule has 0 fully saturated rings. The van der Waals surface area contributed by atoms with Crippen molar-refractivity contribution in [2.75, 3.05) is 0 Å². The Balaban J connectivity index is 2.18. The van der Waals surface area contributed by atoms with Crippen LogP contribution in [0.2, 0.25) is 0 Å². The highest BCUT2D eigenvalue weighted by molar-refractivity contribution is 6.25. The molecule has 0 bridgehead atoms. The molecule has 3 nitrogen and oxygen atoms in total. The molecule has 0 aliphatic heterocycles. The lowest BCUT2D eigenvalue weighted by Crippen LogP contribution is -2.30. The second kappa shape index (κ2) is 4.25. The molecule has 0 unspecified atom stereocenters. The number of benzene rings is 3. The third-order valence-corrected chi connectivity index (χ3v) is 5.50. The van der Waals surface area contributed by atoms with Gasteiger partial charge in [0.05, 0.1) is 29.0 Å². The summed E-state index contributed by atoms with van der Waals surface area (Å²) < 4.78 is 4.58. The minimum Gasteiger partial charge on any atom is -0.308 e. The van der Waals surface area contributed by atoms with Gasteiger partial charge in [-0.3, -0.25) is 0 Å². The van der Waals surface area contributed by atoms with Crippen molar-refractivity contribution in [3.8, 4) is 0 Å². The lowest BCUT2D eigenvalue weighted by molar-refractivity contribution is -0.646. The summed E-state index contributed by atoms with van der Waals surface area (Å²) in [6, 6.07) is 19.6. The highest BCUT2D eigenvalue weighted by Crippen LogP contribution is 2.39. The number of pyridine rings is 1. The molecule has 0 saturated heterocycles. The van der Waals surface area contributed by atoms with Crippen LogP contribution in [-0.2, 0) is 7.05 Å². The molecule has 3 aromatic heterocycles. The van der Waals surface area contributed by atoms with Crippen LogP contribution in [0.4, 0.5) is 0 Å². The molecule has 25 heavy (non-hydrogen) atoms. The number of nitrogens with zero attached hydrogens (tertiary/aromatic N) is 3. The van der Waals surface area contributed by atoms with Crippen molar-refractivity contribution in [1.29, 1.82) is 0 Å². The van der Waals surface area contributed by atoms with Gasteiger partial charge in [0.15, 0.2) is 5.52 Å². The number of aryl methyl sites for hydroxylation is 2. The maximum atomic E-state index is 4.66. The van der Waals surface area contributed by atoms with E-state index in [1.807, 2.05) is 6.33 Å². The fraction of sp³-hybridized carbons (Fsp3) is 0.0909. The first-order chi connectivity index (χ1) is 12.3. The van der Waals surface area contributed by atoms with Gasteiger partial charge in [0, 0.05) is 16.2 Å². The topological polar surface area (TPSA) is 21.2 Å². The quantitative estimate of drug-likeness (QED) is 0.229. The van der Waals surface area contributed by atoms with E-state index in [0.29, 0.717) is 0 Å². The fourth-order valence-electron chi connectivity index (χ4n) is 4.46. The van der Waals surface area contributed by atoms with Gasteiger partial charge in [0.25, 0.3) is 6.33 Å². The first-order valence-electron chi connectivity index (χ1n) is 8.56. The monoisotopic (exact) mass is 322 g/mol. The molecular formula is C22H16N3+. The summed E-state index contributed by atoms with van der Waals surface area (Å²) in [5.74, 6) is 0. The molecular weight excluding hydrogens is 306 g/mol. The van der Waals surface area contributed by atoms with Crippen LogP contribution in [0.15, 0.2) is 60.9 Å². The Hall–Kier alpha value is -3.20. The standard InChI is InChI=1S/C22H16N3/c1-13-10-11-15-14-6-3-4-8-17(14)25-18-9-5-7-16-20(18)22(19(13)21(15)25)24(2)12-23-16/h3-12H,1-2H3/q+1. The van der Waals surface area contributed by atoms with Crippen LogP contribution in [0, 0.1) is 6.92 Å². The van der Waals surface area contributed by atoms with Crippen LogP contribution in [0.1, 0.15) is 5.56 Å². The van der Waals surface area contributed by atoms with Crippen molar-refractivity contribution >= 4 is 49.1 Å². The first kappa shape index (κ1) is 13.1. The summed E-state index contributed by atoms with van der Waals surface area (Å²) >= 11 is 0. The van der Waals surface area contributed by atoms with E-state index in [4.69, 9.17) is 0 Å². The van der Waals surface area contributed by atoms with Gasteiger partial charge >= 0.3 is 0 Å². The number of aromatic nitrogens is 3.